The van der Waals surface area contributed by atoms with Crippen LogP contribution in [0.1, 0.15) is 11.1 Å². The summed E-state index contributed by atoms with van der Waals surface area (Å²) in [7, 11) is 3.59. The van der Waals surface area contributed by atoms with E-state index in [1.807, 2.05) is 23.9 Å². The highest BCUT2D eigenvalue weighted by Crippen LogP contribution is 2.25. The number of ether oxygens (including phenoxy) is 1. The van der Waals surface area contributed by atoms with Gasteiger partial charge in [-0.25, -0.2) is 0 Å². The zero-order valence-corrected chi connectivity index (χ0v) is 10.5. The third-order valence-electron chi connectivity index (χ3n) is 2.71. The molecule has 0 aliphatic heterocycles. The van der Waals surface area contributed by atoms with Crippen LogP contribution in [0.15, 0.2) is 36.7 Å². The lowest BCUT2D eigenvalue weighted by Crippen LogP contribution is -2.01. The second-order valence-corrected chi connectivity index (χ2v) is 4.07. The van der Waals surface area contributed by atoms with Crippen LogP contribution in [0.25, 0.3) is 0 Å². The van der Waals surface area contributed by atoms with Crippen LogP contribution in [0.3, 0.4) is 0 Å². The fourth-order valence-corrected chi connectivity index (χ4v) is 1.77. The van der Waals surface area contributed by atoms with Gasteiger partial charge in [-0.15, -0.1) is 0 Å². The van der Waals surface area contributed by atoms with Crippen molar-refractivity contribution in [3.8, 4) is 11.8 Å². The molecular weight excluding hydrogens is 226 g/mol. The van der Waals surface area contributed by atoms with Crippen LogP contribution in [0, 0.1) is 11.3 Å². The maximum Gasteiger partial charge on any atom is 0.143 e. The Kier molecular flexibility index (Phi) is 3.54. The van der Waals surface area contributed by atoms with Crippen LogP contribution in [-0.4, -0.2) is 11.7 Å². The van der Waals surface area contributed by atoms with Crippen molar-refractivity contribution in [3.05, 3.63) is 47.8 Å². The maximum atomic E-state index is 8.83. The molecule has 2 rings (SSSR count). The van der Waals surface area contributed by atoms with Crippen LogP contribution in [-0.2, 0) is 13.6 Å². The molecule has 92 valence electrons. The van der Waals surface area contributed by atoms with E-state index < -0.39 is 0 Å². The molecule has 2 aromatic rings. The highest BCUT2D eigenvalue weighted by molar-refractivity contribution is 5.59. The zero-order valence-electron chi connectivity index (χ0n) is 10.5. The standard InChI is InChI=1S/C14H15N3O/c1-17-6-5-12(10-17)9-16-13-4-3-11(8-15)7-14(13)18-2/h3-7,10,16H,9H2,1-2H3. The van der Waals surface area contributed by atoms with Crippen molar-refractivity contribution in [3.63, 3.8) is 0 Å². The van der Waals surface area contributed by atoms with Crippen LogP contribution in [0.4, 0.5) is 5.69 Å². The largest absolute Gasteiger partial charge is 0.495 e. The van der Waals surface area contributed by atoms with Gasteiger partial charge < -0.3 is 14.6 Å². The van der Waals surface area contributed by atoms with Crippen molar-refractivity contribution in [1.29, 1.82) is 5.26 Å². The van der Waals surface area contributed by atoms with Gasteiger partial charge in [-0.05, 0) is 23.8 Å². The molecule has 4 nitrogen and oxygen atoms in total. The van der Waals surface area contributed by atoms with Crippen molar-refractivity contribution in [2.75, 3.05) is 12.4 Å². The Morgan fingerprint density at radius 3 is 2.83 bits per heavy atom. The Morgan fingerprint density at radius 1 is 1.39 bits per heavy atom. The molecule has 0 spiro atoms. The summed E-state index contributed by atoms with van der Waals surface area (Å²) in [5.41, 5.74) is 2.68. The van der Waals surface area contributed by atoms with E-state index in [0.29, 0.717) is 11.3 Å². The van der Waals surface area contributed by atoms with E-state index >= 15 is 0 Å². The van der Waals surface area contributed by atoms with Gasteiger partial charge >= 0.3 is 0 Å². The second kappa shape index (κ2) is 5.28. The van der Waals surface area contributed by atoms with Crippen LogP contribution < -0.4 is 10.1 Å². The van der Waals surface area contributed by atoms with E-state index in [1.165, 1.54) is 5.56 Å². The summed E-state index contributed by atoms with van der Waals surface area (Å²) in [6.07, 6.45) is 4.07. The molecule has 1 heterocycles. The van der Waals surface area contributed by atoms with Crippen molar-refractivity contribution < 1.29 is 4.74 Å². The molecule has 0 radical (unpaired) electrons. The monoisotopic (exact) mass is 241 g/mol. The Hall–Kier alpha value is -2.41. The van der Waals surface area contributed by atoms with Gasteiger partial charge in [-0.3, -0.25) is 0 Å². The number of rotatable bonds is 4. The number of nitrogens with zero attached hydrogens (tertiary/aromatic N) is 2. The first kappa shape index (κ1) is 12.1. The van der Waals surface area contributed by atoms with E-state index in [0.717, 1.165) is 12.2 Å². The van der Waals surface area contributed by atoms with E-state index in [1.54, 1.807) is 19.2 Å². The van der Waals surface area contributed by atoms with Crippen molar-refractivity contribution >= 4 is 5.69 Å². The average molecular weight is 241 g/mol. The summed E-state index contributed by atoms with van der Waals surface area (Å²) in [6.45, 7) is 0.725. The number of aryl methyl sites for hydroxylation is 1. The molecule has 18 heavy (non-hydrogen) atoms. The van der Waals surface area contributed by atoms with Crippen LogP contribution >= 0.6 is 0 Å². The molecule has 0 bridgehead atoms. The molecule has 0 aliphatic rings. The SMILES string of the molecule is COc1cc(C#N)ccc1NCc1ccn(C)c1. The smallest absolute Gasteiger partial charge is 0.143 e. The lowest BCUT2D eigenvalue weighted by molar-refractivity contribution is 0.416. The Bertz CT molecular complexity index is 581. The van der Waals surface area contributed by atoms with Gasteiger partial charge in [-0.1, -0.05) is 0 Å². The third-order valence-corrected chi connectivity index (χ3v) is 2.71. The molecule has 1 N–H and O–H groups in total. The predicted molar refractivity (Wildman–Crippen MR) is 70.4 cm³/mol. The van der Waals surface area contributed by atoms with Gasteiger partial charge in [-0.2, -0.15) is 5.26 Å². The zero-order chi connectivity index (χ0) is 13.0. The van der Waals surface area contributed by atoms with Crippen molar-refractivity contribution in [2.45, 2.75) is 6.54 Å². The fourth-order valence-electron chi connectivity index (χ4n) is 1.77. The number of nitriles is 1. The molecule has 0 atom stereocenters. The number of hydrogen-bond donors (Lipinski definition) is 1. The first-order valence-corrected chi connectivity index (χ1v) is 5.66. The summed E-state index contributed by atoms with van der Waals surface area (Å²) < 4.78 is 7.27. The molecule has 0 amide bonds. The number of hydrogen-bond acceptors (Lipinski definition) is 3. The molecule has 0 saturated heterocycles. The van der Waals surface area contributed by atoms with Gasteiger partial charge in [0.25, 0.3) is 0 Å². The number of methoxy groups -OCH3 is 1. The molecule has 0 fully saturated rings. The topological polar surface area (TPSA) is 50.0 Å². The minimum absolute atomic E-state index is 0.595. The summed E-state index contributed by atoms with van der Waals surface area (Å²) in [5, 5.41) is 12.1. The predicted octanol–water partition coefficient (Wildman–Crippen LogP) is 2.52. The van der Waals surface area contributed by atoms with Crippen LogP contribution in [0.5, 0.6) is 5.75 Å². The Balaban J connectivity index is 2.12. The third kappa shape index (κ3) is 2.64. The van der Waals surface area contributed by atoms with Gasteiger partial charge in [0.1, 0.15) is 5.75 Å². The van der Waals surface area contributed by atoms with E-state index in [2.05, 4.69) is 23.6 Å². The summed E-state index contributed by atoms with van der Waals surface area (Å²) in [4.78, 5) is 0. The molecular formula is C14H15N3O. The van der Waals surface area contributed by atoms with Gasteiger partial charge in [0.2, 0.25) is 0 Å². The maximum absolute atomic E-state index is 8.83. The number of anilines is 1. The number of aromatic nitrogens is 1. The fraction of sp³-hybridized carbons (Fsp3) is 0.214. The summed E-state index contributed by atoms with van der Waals surface area (Å²) in [6, 6.07) is 9.52. The van der Waals surface area contributed by atoms with Crippen molar-refractivity contribution in [1.82, 2.24) is 4.57 Å². The molecule has 0 saturated carbocycles. The quantitative estimate of drug-likeness (QED) is 0.894. The lowest BCUT2D eigenvalue weighted by atomic mass is 10.2. The second-order valence-electron chi connectivity index (χ2n) is 4.07. The highest BCUT2D eigenvalue weighted by Gasteiger charge is 2.04. The minimum Gasteiger partial charge on any atom is -0.495 e. The van der Waals surface area contributed by atoms with Crippen molar-refractivity contribution in [2.24, 2.45) is 7.05 Å². The number of nitrogens with one attached hydrogen (secondary N) is 1. The van der Waals surface area contributed by atoms with E-state index in [9.17, 15) is 0 Å². The lowest BCUT2D eigenvalue weighted by Gasteiger charge is -2.10. The van der Waals surface area contributed by atoms with Gasteiger partial charge in [0.05, 0.1) is 24.4 Å². The normalized spacial score (nSPS) is 9.83. The molecule has 4 heteroatoms. The first-order valence-electron chi connectivity index (χ1n) is 5.66. The van der Waals surface area contributed by atoms with Gasteiger partial charge in [0, 0.05) is 32.1 Å². The van der Waals surface area contributed by atoms with Gasteiger partial charge in [0.15, 0.2) is 0 Å². The highest BCUT2D eigenvalue weighted by atomic mass is 16.5. The molecule has 1 aromatic carbocycles. The molecule has 1 aromatic heterocycles. The van der Waals surface area contributed by atoms with Crippen LogP contribution in [0.2, 0.25) is 0 Å². The first-order chi connectivity index (χ1) is 8.72. The summed E-state index contributed by atoms with van der Waals surface area (Å²) >= 11 is 0. The van der Waals surface area contributed by atoms with E-state index in [4.69, 9.17) is 10.00 Å². The summed E-state index contributed by atoms with van der Waals surface area (Å²) in [5.74, 6) is 0.685. The Labute approximate surface area is 106 Å². The van der Waals surface area contributed by atoms with E-state index in [-0.39, 0.29) is 0 Å². The number of benzene rings is 1. The molecule has 0 unspecified atom stereocenters. The minimum atomic E-state index is 0.595. The average Bonchev–Trinajstić information content (AvgIpc) is 2.82. The molecule has 0 aliphatic carbocycles. The Morgan fingerprint density at radius 2 is 2.22 bits per heavy atom.